The van der Waals surface area contributed by atoms with Gasteiger partial charge in [0, 0.05) is 37.6 Å². The van der Waals surface area contributed by atoms with E-state index < -0.39 is 0 Å². The molecule has 2 aliphatic rings. The van der Waals surface area contributed by atoms with E-state index in [-0.39, 0.29) is 5.91 Å². The van der Waals surface area contributed by atoms with Gasteiger partial charge in [0.1, 0.15) is 0 Å². The summed E-state index contributed by atoms with van der Waals surface area (Å²) in [6.07, 6.45) is 8.30. The van der Waals surface area contributed by atoms with Crippen LogP contribution in [0.5, 0.6) is 0 Å². The van der Waals surface area contributed by atoms with Crippen LogP contribution in [0.1, 0.15) is 36.0 Å². The van der Waals surface area contributed by atoms with E-state index in [1.54, 1.807) is 24.5 Å². The van der Waals surface area contributed by atoms with Crippen LogP contribution in [0.2, 0.25) is 0 Å². The first-order valence-corrected chi connectivity index (χ1v) is 7.56. The summed E-state index contributed by atoms with van der Waals surface area (Å²) in [6, 6.07) is 3.61. The summed E-state index contributed by atoms with van der Waals surface area (Å²) >= 11 is 0. The minimum Gasteiger partial charge on any atom is -0.339 e. The molecule has 0 radical (unpaired) electrons. The molecule has 0 aliphatic carbocycles. The van der Waals surface area contributed by atoms with Crippen LogP contribution in [0.25, 0.3) is 0 Å². The Balaban J connectivity index is 1.62. The SMILES string of the molecule is CN1CCCC2(CCN(C(=O)c3ccncc3)CC2)C1. The Labute approximate surface area is 120 Å². The molecule has 3 heterocycles. The normalized spacial score (nSPS) is 22.9. The summed E-state index contributed by atoms with van der Waals surface area (Å²) in [5, 5.41) is 0. The Morgan fingerprint density at radius 1 is 1.15 bits per heavy atom. The number of carbonyl (C=O) groups excluding carboxylic acids is 1. The molecule has 1 spiro atoms. The fourth-order valence-electron chi connectivity index (χ4n) is 3.72. The Morgan fingerprint density at radius 3 is 2.50 bits per heavy atom. The van der Waals surface area contributed by atoms with Gasteiger partial charge in [-0.2, -0.15) is 0 Å². The molecule has 0 atom stereocenters. The molecular formula is C16H23N3O. The van der Waals surface area contributed by atoms with Gasteiger partial charge < -0.3 is 9.80 Å². The largest absolute Gasteiger partial charge is 0.339 e. The highest BCUT2D eigenvalue weighted by atomic mass is 16.2. The molecule has 0 aromatic carbocycles. The summed E-state index contributed by atoms with van der Waals surface area (Å²) in [6.45, 7) is 4.22. The van der Waals surface area contributed by atoms with Crippen LogP contribution >= 0.6 is 0 Å². The van der Waals surface area contributed by atoms with Crippen molar-refractivity contribution in [1.82, 2.24) is 14.8 Å². The van der Waals surface area contributed by atoms with Gasteiger partial charge >= 0.3 is 0 Å². The van der Waals surface area contributed by atoms with E-state index in [1.165, 1.54) is 25.9 Å². The molecule has 4 heteroatoms. The van der Waals surface area contributed by atoms with Gasteiger partial charge in [-0.1, -0.05) is 0 Å². The number of amides is 1. The fraction of sp³-hybridized carbons (Fsp3) is 0.625. The molecule has 1 amide bonds. The van der Waals surface area contributed by atoms with Crippen LogP contribution in [0.4, 0.5) is 0 Å². The molecule has 1 aromatic heterocycles. The minimum absolute atomic E-state index is 0.159. The quantitative estimate of drug-likeness (QED) is 0.785. The number of carbonyl (C=O) groups is 1. The van der Waals surface area contributed by atoms with E-state index in [0.717, 1.165) is 31.5 Å². The van der Waals surface area contributed by atoms with Crippen LogP contribution in [0.15, 0.2) is 24.5 Å². The third-order valence-electron chi connectivity index (χ3n) is 4.89. The topological polar surface area (TPSA) is 36.4 Å². The zero-order valence-corrected chi connectivity index (χ0v) is 12.2. The molecule has 1 aromatic rings. The maximum atomic E-state index is 12.4. The molecule has 0 saturated carbocycles. The molecule has 3 rings (SSSR count). The highest BCUT2D eigenvalue weighted by Gasteiger charge is 2.38. The van der Waals surface area contributed by atoms with Gasteiger partial charge in [0.25, 0.3) is 5.91 Å². The highest BCUT2D eigenvalue weighted by Crippen LogP contribution is 2.39. The maximum absolute atomic E-state index is 12.4. The van der Waals surface area contributed by atoms with Crippen molar-refractivity contribution in [2.75, 3.05) is 33.2 Å². The summed E-state index contributed by atoms with van der Waals surface area (Å²) < 4.78 is 0. The number of hydrogen-bond donors (Lipinski definition) is 0. The molecule has 2 fully saturated rings. The van der Waals surface area contributed by atoms with Crippen molar-refractivity contribution in [2.45, 2.75) is 25.7 Å². The number of nitrogens with zero attached hydrogens (tertiary/aromatic N) is 3. The first kappa shape index (κ1) is 13.6. The lowest BCUT2D eigenvalue weighted by molar-refractivity contribution is 0.0297. The van der Waals surface area contributed by atoms with Crippen LogP contribution in [0.3, 0.4) is 0 Å². The van der Waals surface area contributed by atoms with Crippen molar-refractivity contribution in [3.8, 4) is 0 Å². The number of aromatic nitrogens is 1. The summed E-state index contributed by atoms with van der Waals surface area (Å²) in [5.41, 5.74) is 1.22. The second kappa shape index (κ2) is 5.52. The average Bonchev–Trinajstić information content (AvgIpc) is 2.48. The van der Waals surface area contributed by atoms with Crippen molar-refractivity contribution >= 4 is 5.91 Å². The van der Waals surface area contributed by atoms with Gasteiger partial charge in [0.05, 0.1) is 0 Å². The van der Waals surface area contributed by atoms with Crippen molar-refractivity contribution in [3.63, 3.8) is 0 Å². The monoisotopic (exact) mass is 273 g/mol. The number of piperidine rings is 2. The van der Waals surface area contributed by atoms with Crippen LogP contribution in [-0.2, 0) is 0 Å². The van der Waals surface area contributed by atoms with Gasteiger partial charge in [-0.3, -0.25) is 9.78 Å². The Morgan fingerprint density at radius 2 is 1.85 bits per heavy atom. The number of likely N-dealkylation sites (tertiary alicyclic amines) is 2. The average molecular weight is 273 g/mol. The Kier molecular flexibility index (Phi) is 3.74. The molecule has 4 nitrogen and oxygen atoms in total. The van der Waals surface area contributed by atoms with Crippen molar-refractivity contribution in [1.29, 1.82) is 0 Å². The first-order chi connectivity index (χ1) is 9.69. The van der Waals surface area contributed by atoms with E-state index >= 15 is 0 Å². The fourth-order valence-corrected chi connectivity index (χ4v) is 3.72. The van der Waals surface area contributed by atoms with Crippen molar-refractivity contribution in [2.24, 2.45) is 5.41 Å². The van der Waals surface area contributed by atoms with Gasteiger partial charge in [-0.15, -0.1) is 0 Å². The lowest BCUT2D eigenvalue weighted by atomic mass is 9.72. The molecule has 2 aliphatic heterocycles. The molecule has 0 unspecified atom stereocenters. The van der Waals surface area contributed by atoms with Crippen LogP contribution < -0.4 is 0 Å². The van der Waals surface area contributed by atoms with Gasteiger partial charge in [-0.05, 0) is 56.8 Å². The molecule has 2 saturated heterocycles. The van der Waals surface area contributed by atoms with Crippen LogP contribution in [0, 0.1) is 5.41 Å². The third-order valence-corrected chi connectivity index (χ3v) is 4.89. The van der Waals surface area contributed by atoms with Gasteiger partial charge in [0.15, 0.2) is 0 Å². The van der Waals surface area contributed by atoms with E-state index in [1.807, 2.05) is 4.90 Å². The number of rotatable bonds is 1. The lowest BCUT2D eigenvalue weighted by Gasteiger charge is -2.46. The summed E-state index contributed by atoms with van der Waals surface area (Å²) in [5.74, 6) is 0.159. The van der Waals surface area contributed by atoms with Gasteiger partial charge in [0.2, 0.25) is 0 Å². The second-order valence-corrected chi connectivity index (χ2v) is 6.37. The zero-order chi connectivity index (χ0) is 14.0. The van der Waals surface area contributed by atoms with Crippen molar-refractivity contribution in [3.05, 3.63) is 30.1 Å². The molecule has 0 N–H and O–H groups in total. The highest BCUT2D eigenvalue weighted by molar-refractivity contribution is 5.94. The van der Waals surface area contributed by atoms with E-state index in [4.69, 9.17) is 0 Å². The molecule has 0 bridgehead atoms. The zero-order valence-electron chi connectivity index (χ0n) is 12.2. The molecule has 108 valence electrons. The molecular weight excluding hydrogens is 250 g/mol. The van der Waals surface area contributed by atoms with E-state index in [0.29, 0.717) is 5.41 Å². The third kappa shape index (κ3) is 2.70. The standard InChI is InChI=1S/C16H23N3O/c1-18-10-2-5-16(13-18)6-11-19(12-7-16)15(20)14-3-8-17-9-4-14/h3-4,8-9H,2,5-7,10-13H2,1H3. The van der Waals surface area contributed by atoms with Gasteiger partial charge in [-0.25, -0.2) is 0 Å². The Hall–Kier alpha value is -1.42. The number of pyridine rings is 1. The predicted octanol–water partition coefficient (Wildman–Crippen LogP) is 2.03. The summed E-state index contributed by atoms with van der Waals surface area (Å²) in [7, 11) is 2.22. The predicted molar refractivity (Wildman–Crippen MR) is 78.5 cm³/mol. The maximum Gasteiger partial charge on any atom is 0.253 e. The Bertz CT molecular complexity index is 466. The second-order valence-electron chi connectivity index (χ2n) is 6.37. The van der Waals surface area contributed by atoms with E-state index in [2.05, 4.69) is 16.9 Å². The number of hydrogen-bond acceptors (Lipinski definition) is 3. The smallest absolute Gasteiger partial charge is 0.253 e. The lowest BCUT2D eigenvalue weighted by Crippen LogP contribution is -2.49. The molecule has 20 heavy (non-hydrogen) atoms. The van der Waals surface area contributed by atoms with E-state index in [9.17, 15) is 4.79 Å². The summed E-state index contributed by atoms with van der Waals surface area (Å²) in [4.78, 5) is 20.9. The van der Waals surface area contributed by atoms with Crippen LogP contribution in [-0.4, -0.2) is 53.9 Å². The minimum atomic E-state index is 0.159. The first-order valence-electron chi connectivity index (χ1n) is 7.56. The van der Waals surface area contributed by atoms with Crippen molar-refractivity contribution < 1.29 is 4.79 Å².